The fraction of sp³-hybridized carbons (Fsp3) is 0.238. The third-order valence-electron chi connectivity index (χ3n) is 4.66. The first kappa shape index (κ1) is 20.2. The fourth-order valence-electron chi connectivity index (χ4n) is 3.09. The lowest BCUT2D eigenvalue weighted by Crippen LogP contribution is -2.17. The summed E-state index contributed by atoms with van der Waals surface area (Å²) in [5.74, 6) is 3.55. The Balaban J connectivity index is 1.65. The van der Waals surface area contributed by atoms with Gasteiger partial charge in [-0.1, -0.05) is 36.3 Å². The van der Waals surface area contributed by atoms with Crippen molar-refractivity contribution < 1.29 is 22.7 Å². The minimum absolute atomic E-state index is 0.0290. The summed E-state index contributed by atoms with van der Waals surface area (Å²) in [6.07, 6.45) is 5.56. The number of sulfone groups is 1. The number of nitrogens with zero attached hydrogens (tertiary/aromatic N) is 2. The molecule has 0 bridgehead atoms. The second-order valence-electron chi connectivity index (χ2n) is 6.58. The SMILES string of the molecule is C#CCn1c(=NC(=O)Cc2ccc(S(=O)(=O)CC)cc2)sc2cc3c(cc21)OCO3. The molecule has 3 aromatic rings. The van der Waals surface area contributed by atoms with Crippen molar-refractivity contribution in [3.05, 3.63) is 46.8 Å². The minimum Gasteiger partial charge on any atom is -0.454 e. The van der Waals surface area contributed by atoms with Crippen molar-refractivity contribution in [3.63, 3.8) is 0 Å². The Kier molecular flexibility index (Phi) is 5.37. The zero-order valence-electron chi connectivity index (χ0n) is 16.1. The molecule has 0 saturated carbocycles. The van der Waals surface area contributed by atoms with E-state index in [0.29, 0.717) is 21.9 Å². The van der Waals surface area contributed by atoms with Crippen LogP contribution in [0.25, 0.3) is 10.2 Å². The smallest absolute Gasteiger partial charge is 0.252 e. The van der Waals surface area contributed by atoms with Gasteiger partial charge in [0.15, 0.2) is 26.1 Å². The van der Waals surface area contributed by atoms with E-state index >= 15 is 0 Å². The van der Waals surface area contributed by atoms with Crippen LogP contribution in [0.3, 0.4) is 0 Å². The van der Waals surface area contributed by atoms with Crippen molar-refractivity contribution in [2.45, 2.75) is 24.8 Å². The highest BCUT2D eigenvalue weighted by molar-refractivity contribution is 7.91. The minimum atomic E-state index is -3.27. The van der Waals surface area contributed by atoms with E-state index < -0.39 is 9.84 Å². The molecule has 30 heavy (non-hydrogen) atoms. The van der Waals surface area contributed by atoms with Crippen LogP contribution < -0.4 is 14.3 Å². The van der Waals surface area contributed by atoms with Crippen LogP contribution in [0.1, 0.15) is 12.5 Å². The molecular weight excluding hydrogens is 424 g/mol. The molecule has 154 valence electrons. The maximum atomic E-state index is 12.6. The van der Waals surface area contributed by atoms with Gasteiger partial charge in [-0.05, 0) is 17.7 Å². The van der Waals surface area contributed by atoms with Crippen LogP contribution >= 0.6 is 11.3 Å². The molecule has 1 aliphatic heterocycles. The van der Waals surface area contributed by atoms with Gasteiger partial charge in [0, 0.05) is 12.1 Å². The Bertz CT molecular complexity index is 1340. The molecule has 0 aliphatic carbocycles. The van der Waals surface area contributed by atoms with Crippen molar-refractivity contribution in [3.8, 4) is 23.8 Å². The molecule has 9 heteroatoms. The van der Waals surface area contributed by atoms with E-state index in [1.807, 2.05) is 12.1 Å². The van der Waals surface area contributed by atoms with E-state index in [1.165, 1.54) is 23.5 Å². The third kappa shape index (κ3) is 3.84. The van der Waals surface area contributed by atoms with Crippen molar-refractivity contribution in [2.75, 3.05) is 12.5 Å². The molecule has 1 aliphatic rings. The molecule has 0 fully saturated rings. The number of amides is 1. The molecule has 0 atom stereocenters. The quantitative estimate of drug-likeness (QED) is 0.567. The van der Waals surface area contributed by atoms with Crippen LogP contribution in [0.5, 0.6) is 11.5 Å². The van der Waals surface area contributed by atoms with Crippen molar-refractivity contribution in [1.29, 1.82) is 0 Å². The Labute approximate surface area is 177 Å². The van der Waals surface area contributed by atoms with Crippen molar-refractivity contribution in [2.24, 2.45) is 4.99 Å². The molecule has 7 nitrogen and oxygen atoms in total. The highest BCUT2D eigenvalue weighted by Gasteiger charge is 2.18. The topological polar surface area (TPSA) is 87.0 Å². The zero-order chi connectivity index (χ0) is 21.3. The van der Waals surface area contributed by atoms with Gasteiger partial charge in [-0.25, -0.2) is 8.42 Å². The molecule has 0 N–H and O–H groups in total. The van der Waals surface area contributed by atoms with Crippen LogP contribution in [0.2, 0.25) is 0 Å². The zero-order valence-corrected chi connectivity index (χ0v) is 17.8. The number of benzene rings is 2. The molecule has 0 unspecified atom stereocenters. The number of terminal acetylenes is 1. The maximum absolute atomic E-state index is 12.6. The lowest BCUT2D eigenvalue weighted by Gasteiger charge is -2.03. The van der Waals surface area contributed by atoms with Crippen molar-refractivity contribution in [1.82, 2.24) is 4.57 Å². The summed E-state index contributed by atoms with van der Waals surface area (Å²) in [6.45, 7) is 2.03. The van der Waals surface area contributed by atoms with Gasteiger partial charge in [-0.3, -0.25) is 4.79 Å². The molecule has 1 aromatic heterocycles. The maximum Gasteiger partial charge on any atom is 0.252 e. The summed E-state index contributed by atoms with van der Waals surface area (Å²) in [5, 5.41) is 0. The first-order chi connectivity index (χ1) is 14.4. The van der Waals surface area contributed by atoms with Crippen LogP contribution in [-0.4, -0.2) is 31.4 Å². The Hall–Kier alpha value is -3.09. The van der Waals surface area contributed by atoms with Gasteiger partial charge >= 0.3 is 0 Å². The number of carbonyl (C=O) groups excluding carboxylic acids is 1. The number of hydrogen-bond acceptors (Lipinski definition) is 6. The summed E-state index contributed by atoms with van der Waals surface area (Å²) in [4.78, 5) is 17.5. The number of ether oxygens (including phenoxy) is 2. The predicted molar refractivity (Wildman–Crippen MR) is 113 cm³/mol. The normalized spacial score (nSPS) is 13.5. The highest BCUT2D eigenvalue weighted by atomic mass is 32.2. The van der Waals surface area contributed by atoms with Gasteiger partial charge < -0.3 is 14.0 Å². The van der Waals surface area contributed by atoms with Gasteiger partial charge in [-0.15, -0.1) is 6.42 Å². The highest BCUT2D eigenvalue weighted by Crippen LogP contribution is 2.36. The molecule has 4 rings (SSSR count). The van der Waals surface area contributed by atoms with Gasteiger partial charge in [0.1, 0.15) is 0 Å². The van der Waals surface area contributed by atoms with Gasteiger partial charge in [-0.2, -0.15) is 4.99 Å². The Morgan fingerprint density at radius 2 is 1.93 bits per heavy atom. The summed E-state index contributed by atoms with van der Waals surface area (Å²) in [6, 6.07) is 9.99. The molecule has 0 radical (unpaired) electrons. The molecule has 0 spiro atoms. The number of carbonyl (C=O) groups is 1. The fourth-order valence-corrected chi connectivity index (χ4v) is 5.03. The number of hydrogen-bond donors (Lipinski definition) is 0. The van der Waals surface area contributed by atoms with Gasteiger partial charge in [0.25, 0.3) is 5.91 Å². The van der Waals surface area contributed by atoms with E-state index in [-0.39, 0.29) is 36.3 Å². The third-order valence-corrected chi connectivity index (χ3v) is 7.46. The van der Waals surface area contributed by atoms with Crippen LogP contribution in [-0.2, 0) is 27.6 Å². The first-order valence-electron chi connectivity index (χ1n) is 9.17. The van der Waals surface area contributed by atoms with E-state index in [4.69, 9.17) is 15.9 Å². The van der Waals surface area contributed by atoms with Gasteiger partial charge in [0.05, 0.1) is 33.8 Å². The van der Waals surface area contributed by atoms with Crippen LogP contribution in [0.15, 0.2) is 46.3 Å². The average molecular weight is 443 g/mol. The number of thiazole rings is 1. The molecular formula is C21H18N2O5S2. The first-order valence-corrected chi connectivity index (χ1v) is 11.6. The number of aromatic nitrogens is 1. The van der Waals surface area contributed by atoms with Crippen LogP contribution in [0, 0.1) is 12.3 Å². The van der Waals surface area contributed by atoms with Gasteiger partial charge in [0.2, 0.25) is 6.79 Å². The average Bonchev–Trinajstić information content (AvgIpc) is 3.31. The second-order valence-corrected chi connectivity index (χ2v) is 9.87. The summed E-state index contributed by atoms with van der Waals surface area (Å²) in [7, 11) is -3.27. The summed E-state index contributed by atoms with van der Waals surface area (Å²) < 4.78 is 37.3. The standard InChI is InChI=1S/C21H18N2O5S2/c1-3-9-23-16-11-17-18(28-13-27-17)12-19(16)29-21(23)22-20(24)10-14-5-7-15(8-6-14)30(25,26)4-2/h1,5-8,11-12H,4,9-10,13H2,2H3. The molecule has 2 aromatic carbocycles. The van der Waals surface area contributed by atoms with Crippen LogP contribution in [0.4, 0.5) is 0 Å². The van der Waals surface area contributed by atoms with Crippen molar-refractivity contribution >= 4 is 37.3 Å². The van der Waals surface area contributed by atoms with E-state index in [0.717, 1.165) is 10.2 Å². The summed E-state index contributed by atoms with van der Waals surface area (Å²) in [5.41, 5.74) is 1.51. The largest absolute Gasteiger partial charge is 0.454 e. The lowest BCUT2D eigenvalue weighted by atomic mass is 10.1. The molecule has 2 heterocycles. The monoisotopic (exact) mass is 442 g/mol. The lowest BCUT2D eigenvalue weighted by molar-refractivity contribution is -0.117. The van der Waals surface area contributed by atoms with E-state index in [9.17, 15) is 13.2 Å². The molecule has 0 saturated heterocycles. The summed E-state index contributed by atoms with van der Waals surface area (Å²) >= 11 is 1.34. The molecule has 1 amide bonds. The van der Waals surface area contributed by atoms with E-state index in [1.54, 1.807) is 23.6 Å². The number of fused-ring (bicyclic) bond motifs is 2. The Morgan fingerprint density at radius 1 is 1.23 bits per heavy atom. The predicted octanol–water partition coefficient (Wildman–Crippen LogP) is 2.53. The Morgan fingerprint density at radius 3 is 2.60 bits per heavy atom. The van der Waals surface area contributed by atoms with E-state index in [2.05, 4.69) is 10.9 Å². The number of rotatable bonds is 5. The second kappa shape index (κ2) is 7.97.